The van der Waals surface area contributed by atoms with Crippen molar-refractivity contribution in [1.82, 2.24) is 15.0 Å². The van der Waals surface area contributed by atoms with Crippen LogP contribution in [0.1, 0.15) is 37.5 Å². The molecule has 2 heterocycles. The largest absolute Gasteiger partial charge is 0.339 e. The summed E-state index contributed by atoms with van der Waals surface area (Å²) >= 11 is 0. The average Bonchev–Trinajstić information content (AvgIpc) is 2.93. The van der Waals surface area contributed by atoms with E-state index in [9.17, 15) is 8.42 Å². The van der Waals surface area contributed by atoms with Crippen molar-refractivity contribution in [2.75, 3.05) is 25.1 Å². The highest BCUT2D eigenvalue weighted by molar-refractivity contribution is 7.90. The van der Waals surface area contributed by atoms with E-state index in [-0.39, 0.29) is 11.8 Å². The highest BCUT2D eigenvalue weighted by Gasteiger charge is 2.30. The third-order valence-electron chi connectivity index (χ3n) is 3.20. The maximum absolute atomic E-state index is 11.2. The fraction of sp³-hybridized carbons (Fsp3) is 0.818. The van der Waals surface area contributed by atoms with Crippen LogP contribution in [-0.2, 0) is 16.3 Å². The van der Waals surface area contributed by atoms with E-state index in [0.29, 0.717) is 18.3 Å². The molecule has 1 aromatic rings. The van der Waals surface area contributed by atoms with Crippen molar-refractivity contribution in [3.05, 3.63) is 11.7 Å². The van der Waals surface area contributed by atoms with E-state index in [2.05, 4.69) is 15.0 Å². The minimum atomic E-state index is -2.92. The van der Waals surface area contributed by atoms with Crippen LogP contribution in [0.5, 0.6) is 0 Å². The van der Waals surface area contributed by atoms with E-state index in [1.54, 1.807) is 0 Å². The molecule has 0 saturated carbocycles. The van der Waals surface area contributed by atoms with Crippen LogP contribution in [0.3, 0.4) is 0 Å². The standard InChI is InChI=1S/C11H19N3O3S/c1-3-10-12-11(13-17-10)9-5-4-6-14(9)7-8-18(2,15)16/h9H,3-8H2,1-2H3. The first-order valence-electron chi connectivity index (χ1n) is 6.24. The molecule has 1 atom stereocenters. The number of rotatable bonds is 5. The van der Waals surface area contributed by atoms with E-state index in [4.69, 9.17) is 4.52 Å². The van der Waals surface area contributed by atoms with E-state index in [1.165, 1.54) is 6.26 Å². The summed E-state index contributed by atoms with van der Waals surface area (Å²) in [6.07, 6.45) is 4.00. The van der Waals surface area contributed by atoms with Crippen molar-refractivity contribution in [3.8, 4) is 0 Å². The van der Waals surface area contributed by atoms with Gasteiger partial charge in [-0.05, 0) is 19.4 Å². The van der Waals surface area contributed by atoms with E-state index >= 15 is 0 Å². The first-order valence-corrected chi connectivity index (χ1v) is 8.30. The second-order valence-electron chi connectivity index (χ2n) is 4.72. The molecule has 0 aliphatic carbocycles. The van der Waals surface area contributed by atoms with E-state index in [1.807, 2.05) is 6.92 Å². The molecule has 0 spiro atoms. The summed E-state index contributed by atoms with van der Waals surface area (Å²) in [5, 5.41) is 3.99. The number of hydrogen-bond acceptors (Lipinski definition) is 6. The Morgan fingerprint density at radius 2 is 2.28 bits per heavy atom. The molecule has 0 N–H and O–H groups in total. The van der Waals surface area contributed by atoms with Crippen molar-refractivity contribution in [2.24, 2.45) is 0 Å². The molecular weight excluding hydrogens is 254 g/mol. The highest BCUT2D eigenvalue weighted by atomic mass is 32.2. The summed E-state index contributed by atoms with van der Waals surface area (Å²) in [5.41, 5.74) is 0. The lowest BCUT2D eigenvalue weighted by molar-refractivity contribution is 0.255. The Morgan fingerprint density at radius 1 is 1.50 bits per heavy atom. The Kier molecular flexibility index (Phi) is 4.01. The monoisotopic (exact) mass is 273 g/mol. The van der Waals surface area contributed by atoms with Gasteiger partial charge in [0, 0.05) is 19.2 Å². The molecule has 1 aliphatic rings. The Hall–Kier alpha value is -0.950. The van der Waals surface area contributed by atoms with Gasteiger partial charge in [-0.1, -0.05) is 12.1 Å². The topological polar surface area (TPSA) is 76.3 Å². The molecule has 0 amide bonds. The average molecular weight is 273 g/mol. The molecule has 1 fully saturated rings. The van der Waals surface area contributed by atoms with Gasteiger partial charge in [0.25, 0.3) is 0 Å². The fourth-order valence-corrected chi connectivity index (χ4v) is 2.78. The lowest BCUT2D eigenvalue weighted by atomic mass is 10.2. The summed E-state index contributed by atoms with van der Waals surface area (Å²) in [6.45, 7) is 3.41. The molecule has 1 saturated heterocycles. The second kappa shape index (κ2) is 5.36. The zero-order chi connectivity index (χ0) is 13.2. The van der Waals surface area contributed by atoms with Crippen molar-refractivity contribution in [1.29, 1.82) is 0 Å². The van der Waals surface area contributed by atoms with Gasteiger partial charge in [-0.25, -0.2) is 8.42 Å². The first kappa shape index (κ1) is 13.5. The first-order chi connectivity index (χ1) is 8.49. The lowest BCUT2D eigenvalue weighted by Gasteiger charge is -2.20. The molecule has 7 heteroatoms. The molecule has 0 radical (unpaired) electrons. The van der Waals surface area contributed by atoms with E-state index < -0.39 is 9.84 Å². The number of hydrogen-bond donors (Lipinski definition) is 0. The van der Waals surface area contributed by atoms with Gasteiger partial charge in [0.1, 0.15) is 9.84 Å². The Labute approximate surface area is 107 Å². The molecule has 0 aromatic carbocycles. The summed E-state index contributed by atoms with van der Waals surface area (Å²) in [6, 6.07) is 0.107. The van der Waals surface area contributed by atoms with Crippen molar-refractivity contribution in [2.45, 2.75) is 32.2 Å². The smallest absolute Gasteiger partial charge is 0.226 e. The van der Waals surface area contributed by atoms with Crippen molar-refractivity contribution < 1.29 is 12.9 Å². The van der Waals surface area contributed by atoms with Gasteiger partial charge in [0.2, 0.25) is 5.89 Å². The summed E-state index contributed by atoms with van der Waals surface area (Å²) in [4.78, 5) is 6.47. The number of likely N-dealkylation sites (tertiary alicyclic amines) is 1. The van der Waals surface area contributed by atoms with E-state index in [0.717, 1.165) is 25.8 Å². The molecule has 1 aromatic heterocycles. The minimum absolute atomic E-state index is 0.107. The zero-order valence-corrected chi connectivity index (χ0v) is 11.6. The maximum atomic E-state index is 11.2. The lowest BCUT2D eigenvalue weighted by Crippen LogP contribution is -2.29. The SMILES string of the molecule is CCc1nc(C2CCCN2CCS(C)(=O)=O)no1. The summed E-state index contributed by atoms with van der Waals surface area (Å²) in [5.74, 6) is 1.51. The van der Waals surface area contributed by atoms with Crippen molar-refractivity contribution in [3.63, 3.8) is 0 Å². The predicted octanol–water partition coefficient (Wildman–Crippen LogP) is 0.813. The second-order valence-corrected chi connectivity index (χ2v) is 6.98. The van der Waals surface area contributed by atoms with Crippen LogP contribution in [-0.4, -0.2) is 48.6 Å². The highest BCUT2D eigenvalue weighted by Crippen LogP contribution is 2.29. The van der Waals surface area contributed by atoms with Crippen LogP contribution in [0.15, 0.2) is 4.52 Å². The minimum Gasteiger partial charge on any atom is -0.339 e. The molecule has 1 unspecified atom stereocenters. The van der Waals surface area contributed by atoms with Crippen LogP contribution in [0.25, 0.3) is 0 Å². The Bertz CT molecular complexity index is 497. The third-order valence-corrected chi connectivity index (χ3v) is 4.12. The quantitative estimate of drug-likeness (QED) is 0.790. The van der Waals surface area contributed by atoms with Gasteiger partial charge < -0.3 is 4.52 Å². The third kappa shape index (κ3) is 3.29. The summed E-state index contributed by atoms with van der Waals surface area (Å²) in [7, 11) is -2.92. The number of aryl methyl sites for hydroxylation is 1. The summed E-state index contributed by atoms with van der Waals surface area (Å²) < 4.78 is 27.5. The molecule has 1 aliphatic heterocycles. The van der Waals surface area contributed by atoms with Crippen LogP contribution >= 0.6 is 0 Å². The van der Waals surface area contributed by atoms with Crippen LogP contribution in [0.2, 0.25) is 0 Å². The molecule has 2 rings (SSSR count). The molecule has 0 bridgehead atoms. The van der Waals surface area contributed by atoms with Gasteiger partial charge in [-0.15, -0.1) is 0 Å². The number of nitrogens with zero attached hydrogens (tertiary/aromatic N) is 3. The predicted molar refractivity (Wildman–Crippen MR) is 66.9 cm³/mol. The maximum Gasteiger partial charge on any atom is 0.226 e. The molecule has 102 valence electrons. The molecular formula is C11H19N3O3S. The van der Waals surface area contributed by atoms with Crippen LogP contribution in [0, 0.1) is 0 Å². The van der Waals surface area contributed by atoms with Gasteiger partial charge in [0.15, 0.2) is 5.82 Å². The van der Waals surface area contributed by atoms with Gasteiger partial charge in [0.05, 0.1) is 11.8 Å². The zero-order valence-electron chi connectivity index (χ0n) is 10.8. The van der Waals surface area contributed by atoms with Gasteiger partial charge in [-0.3, -0.25) is 4.90 Å². The van der Waals surface area contributed by atoms with Crippen molar-refractivity contribution >= 4 is 9.84 Å². The Morgan fingerprint density at radius 3 is 2.89 bits per heavy atom. The Balaban J connectivity index is 2.03. The van der Waals surface area contributed by atoms with Gasteiger partial charge >= 0.3 is 0 Å². The number of sulfone groups is 1. The molecule has 18 heavy (non-hydrogen) atoms. The number of aromatic nitrogens is 2. The van der Waals surface area contributed by atoms with Crippen LogP contribution < -0.4 is 0 Å². The van der Waals surface area contributed by atoms with Crippen LogP contribution in [0.4, 0.5) is 0 Å². The van der Waals surface area contributed by atoms with Gasteiger partial charge in [-0.2, -0.15) is 4.98 Å². The normalized spacial score (nSPS) is 21.6. The molecule has 6 nitrogen and oxygen atoms in total. The fourth-order valence-electron chi connectivity index (χ4n) is 2.22.